The van der Waals surface area contributed by atoms with Crippen LogP contribution in [-0.4, -0.2) is 23.5 Å². The molecule has 0 unspecified atom stereocenters. The molecule has 1 aromatic heterocycles. The zero-order valence-electron chi connectivity index (χ0n) is 13.5. The largest absolute Gasteiger partial charge is 0.452 e. The molecule has 0 saturated carbocycles. The number of hydrogen-bond acceptors (Lipinski definition) is 5. The summed E-state index contributed by atoms with van der Waals surface area (Å²) in [6.07, 6.45) is 0. The number of esters is 1. The maximum absolute atomic E-state index is 13.5. The third kappa shape index (κ3) is 4.70. The molecule has 0 fully saturated rings. The summed E-state index contributed by atoms with van der Waals surface area (Å²) in [5, 5.41) is 4.36. The van der Waals surface area contributed by atoms with Gasteiger partial charge in [0, 0.05) is 17.0 Å². The lowest BCUT2D eigenvalue weighted by molar-refractivity contribution is -0.119. The van der Waals surface area contributed by atoms with E-state index >= 15 is 0 Å². The molecular weight excluding hydrogens is 381 g/mol. The number of halogens is 3. The summed E-state index contributed by atoms with van der Waals surface area (Å²) in [5.74, 6) is -4.05. The van der Waals surface area contributed by atoms with Gasteiger partial charge in [0.1, 0.15) is 17.5 Å². The minimum atomic E-state index is -1.09. The van der Waals surface area contributed by atoms with Crippen molar-refractivity contribution in [1.29, 1.82) is 0 Å². The summed E-state index contributed by atoms with van der Waals surface area (Å²) in [6.45, 7) is -0.666. The molecule has 5 nitrogen and oxygen atoms in total. The molecule has 1 heterocycles. The molecule has 2 aromatic carbocycles. The van der Waals surface area contributed by atoms with E-state index in [4.69, 9.17) is 4.74 Å². The van der Waals surface area contributed by atoms with Crippen LogP contribution in [0.15, 0.2) is 47.8 Å². The van der Waals surface area contributed by atoms with Gasteiger partial charge in [0.15, 0.2) is 11.7 Å². The van der Waals surface area contributed by atoms with Gasteiger partial charge in [-0.15, -0.1) is 11.3 Å². The van der Waals surface area contributed by atoms with Crippen LogP contribution in [0.3, 0.4) is 0 Å². The maximum atomic E-state index is 13.5. The predicted molar refractivity (Wildman–Crippen MR) is 92.8 cm³/mol. The Kier molecular flexibility index (Phi) is 5.51. The molecule has 1 N–H and O–H groups in total. The van der Waals surface area contributed by atoms with Gasteiger partial charge < -0.3 is 4.74 Å². The molecule has 3 aromatic rings. The highest BCUT2D eigenvalue weighted by Gasteiger charge is 2.16. The van der Waals surface area contributed by atoms with Crippen LogP contribution in [0.4, 0.5) is 18.3 Å². The fourth-order valence-corrected chi connectivity index (χ4v) is 2.84. The van der Waals surface area contributed by atoms with Gasteiger partial charge in [-0.05, 0) is 36.4 Å². The van der Waals surface area contributed by atoms with Crippen molar-refractivity contribution < 1.29 is 27.5 Å². The lowest BCUT2D eigenvalue weighted by atomic mass is 10.2. The SMILES string of the molecule is O=C(COC(=O)c1ccc(F)cc1F)Nc1nc(-c2ccc(F)cc2)cs1. The Morgan fingerprint density at radius 3 is 2.44 bits per heavy atom. The van der Waals surface area contributed by atoms with Crippen LogP contribution in [0.25, 0.3) is 11.3 Å². The Morgan fingerprint density at radius 2 is 1.74 bits per heavy atom. The Hall–Kier alpha value is -3.20. The van der Waals surface area contributed by atoms with Gasteiger partial charge in [0.05, 0.1) is 11.3 Å². The minimum Gasteiger partial charge on any atom is -0.452 e. The number of ether oxygens (including phenoxy) is 1. The molecule has 27 heavy (non-hydrogen) atoms. The van der Waals surface area contributed by atoms with Gasteiger partial charge in [-0.25, -0.2) is 22.9 Å². The van der Waals surface area contributed by atoms with Crippen molar-refractivity contribution in [3.8, 4) is 11.3 Å². The van der Waals surface area contributed by atoms with Crippen LogP contribution in [-0.2, 0) is 9.53 Å². The highest BCUT2D eigenvalue weighted by atomic mass is 32.1. The smallest absolute Gasteiger partial charge is 0.341 e. The summed E-state index contributed by atoms with van der Waals surface area (Å²) < 4.78 is 44.0. The van der Waals surface area contributed by atoms with Crippen LogP contribution in [0.1, 0.15) is 10.4 Å². The van der Waals surface area contributed by atoms with E-state index in [9.17, 15) is 22.8 Å². The van der Waals surface area contributed by atoms with E-state index in [1.165, 1.54) is 12.1 Å². The van der Waals surface area contributed by atoms with Gasteiger partial charge in [-0.2, -0.15) is 0 Å². The molecule has 9 heteroatoms. The minimum absolute atomic E-state index is 0.253. The zero-order valence-corrected chi connectivity index (χ0v) is 14.4. The number of amides is 1. The third-order valence-electron chi connectivity index (χ3n) is 3.38. The number of nitrogens with one attached hydrogen (secondary N) is 1. The summed E-state index contributed by atoms with van der Waals surface area (Å²) in [7, 11) is 0. The standard InChI is InChI=1S/C18H11F3N2O3S/c19-11-3-1-10(2-4-11)15-9-27-18(22-15)23-16(24)8-26-17(25)13-6-5-12(20)7-14(13)21/h1-7,9H,8H2,(H,22,23,24). The average molecular weight is 392 g/mol. The topological polar surface area (TPSA) is 68.3 Å². The van der Waals surface area contributed by atoms with Crippen LogP contribution < -0.4 is 5.32 Å². The molecule has 3 rings (SSSR count). The average Bonchev–Trinajstić information content (AvgIpc) is 3.08. The number of anilines is 1. The lowest BCUT2D eigenvalue weighted by Crippen LogP contribution is -2.21. The van der Waals surface area contributed by atoms with Crippen molar-refractivity contribution in [3.63, 3.8) is 0 Å². The molecule has 0 saturated heterocycles. The van der Waals surface area contributed by atoms with Crippen molar-refractivity contribution in [3.05, 3.63) is 70.9 Å². The second-order valence-electron chi connectivity index (χ2n) is 5.29. The van der Waals surface area contributed by atoms with Crippen molar-refractivity contribution >= 4 is 28.3 Å². The van der Waals surface area contributed by atoms with Crippen molar-refractivity contribution in [2.24, 2.45) is 0 Å². The number of thiazole rings is 1. The molecule has 0 atom stereocenters. The summed E-state index contributed by atoms with van der Waals surface area (Å²) in [4.78, 5) is 27.8. The van der Waals surface area contributed by atoms with Gasteiger partial charge in [0.2, 0.25) is 0 Å². The highest BCUT2D eigenvalue weighted by molar-refractivity contribution is 7.14. The Labute approximate surface area is 155 Å². The van der Waals surface area contributed by atoms with Crippen LogP contribution >= 0.6 is 11.3 Å². The molecule has 0 aliphatic rings. The van der Waals surface area contributed by atoms with Crippen LogP contribution in [0.2, 0.25) is 0 Å². The zero-order chi connectivity index (χ0) is 19.4. The molecule has 0 radical (unpaired) electrons. The highest BCUT2D eigenvalue weighted by Crippen LogP contribution is 2.25. The Morgan fingerprint density at radius 1 is 1.04 bits per heavy atom. The van der Waals surface area contributed by atoms with Crippen LogP contribution in [0, 0.1) is 17.5 Å². The van der Waals surface area contributed by atoms with E-state index < -0.39 is 35.7 Å². The molecule has 1 amide bonds. The number of nitrogens with zero attached hydrogens (tertiary/aromatic N) is 1. The monoisotopic (exact) mass is 392 g/mol. The first kappa shape index (κ1) is 18.6. The number of rotatable bonds is 5. The summed E-state index contributed by atoms with van der Waals surface area (Å²) in [5.41, 5.74) is 0.740. The normalized spacial score (nSPS) is 10.5. The molecule has 0 spiro atoms. The molecular formula is C18H11F3N2O3S. The third-order valence-corrected chi connectivity index (χ3v) is 4.13. The van der Waals surface area contributed by atoms with Crippen molar-refractivity contribution in [2.75, 3.05) is 11.9 Å². The fraction of sp³-hybridized carbons (Fsp3) is 0.0556. The van der Waals surface area contributed by atoms with E-state index in [0.29, 0.717) is 17.3 Å². The second kappa shape index (κ2) is 8.00. The first-order valence-corrected chi connectivity index (χ1v) is 8.44. The van der Waals surface area contributed by atoms with E-state index in [1.807, 2.05) is 0 Å². The molecule has 0 bridgehead atoms. The second-order valence-corrected chi connectivity index (χ2v) is 6.15. The Bertz CT molecular complexity index is 990. The van der Waals surface area contributed by atoms with E-state index in [0.717, 1.165) is 23.5 Å². The van der Waals surface area contributed by atoms with E-state index in [1.54, 1.807) is 17.5 Å². The summed E-state index contributed by atoms with van der Waals surface area (Å²) in [6, 6.07) is 8.07. The number of hydrogen-bond donors (Lipinski definition) is 1. The molecule has 138 valence electrons. The van der Waals surface area contributed by atoms with E-state index in [2.05, 4.69) is 10.3 Å². The van der Waals surface area contributed by atoms with Gasteiger partial charge in [-0.1, -0.05) is 0 Å². The van der Waals surface area contributed by atoms with Crippen molar-refractivity contribution in [2.45, 2.75) is 0 Å². The number of aromatic nitrogens is 1. The Balaban J connectivity index is 1.56. The quantitative estimate of drug-likeness (QED) is 0.666. The first-order valence-electron chi connectivity index (χ1n) is 7.56. The van der Waals surface area contributed by atoms with Gasteiger partial charge >= 0.3 is 5.97 Å². The number of carbonyl (C=O) groups excluding carboxylic acids is 2. The fourth-order valence-electron chi connectivity index (χ4n) is 2.10. The predicted octanol–water partition coefficient (Wildman–Crippen LogP) is 4.02. The van der Waals surface area contributed by atoms with Crippen molar-refractivity contribution in [1.82, 2.24) is 4.98 Å². The first-order chi connectivity index (χ1) is 12.9. The van der Waals surface area contributed by atoms with E-state index in [-0.39, 0.29) is 10.9 Å². The number of benzene rings is 2. The van der Waals surface area contributed by atoms with Crippen LogP contribution in [0.5, 0.6) is 0 Å². The number of carbonyl (C=O) groups is 2. The molecule has 0 aliphatic heterocycles. The molecule has 0 aliphatic carbocycles. The lowest BCUT2D eigenvalue weighted by Gasteiger charge is -2.05. The van der Waals surface area contributed by atoms with Gasteiger partial charge in [-0.3, -0.25) is 10.1 Å². The van der Waals surface area contributed by atoms with Gasteiger partial charge in [0.25, 0.3) is 5.91 Å². The summed E-state index contributed by atoms with van der Waals surface area (Å²) >= 11 is 1.13. The maximum Gasteiger partial charge on any atom is 0.341 e.